The Labute approximate surface area is 80.5 Å². The smallest absolute Gasteiger partial charge is 0.292 e. The fraction of sp³-hybridized carbons (Fsp3) is 0.125. The van der Waals surface area contributed by atoms with Gasteiger partial charge in [0.2, 0.25) is 0 Å². The minimum absolute atomic E-state index is 0.0330. The second-order valence-electron chi connectivity index (χ2n) is 2.95. The second-order valence-corrected chi connectivity index (χ2v) is 4.97. The highest BCUT2D eigenvalue weighted by molar-refractivity contribution is 7.90. The van der Waals surface area contributed by atoms with Crippen LogP contribution in [0.25, 0.3) is 11.1 Å². The summed E-state index contributed by atoms with van der Waals surface area (Å²) in [6, 6.07) is 4.48. The molecule has 5 nitrogen and oxygen atoms in total. The number of fused-ring (bicyclic) bond motifs is 1. The van der Waals surface area contributed by atoms with Crippen LogP contribution in [-0.2, 0) is 9.84 Å². The van der Waals surface area contributed by atoms with Crippen molar-refractivity contribution < 1.29 is 12.8 Å². The average molecular weight is 212 g/mol. The zero-order chi connectivity index (χ0) is 10.3. The van der Waals surface area contributed by atoms with E-state index in [-0.39, 0.29) is 10.9 Å². The van der Waals surface area contributed by atoms with Crippen LogP contribution in [0.2, 0.25) is 0 Å². The number of rotatable bonds is 1. The normalized spacial score (nSPS) is 12.1. The van der Waals surface area contributed by atoms with Gasteiger partial charge in [-0.05, 0) is 12.1 Å². The Bertz CT molecular complexity index is 586. The molecule has 0 fully saturated rings. The van der Waals surface area contributed by atoms with Crippen LogP contribution >= 0.6 is 0 Å². The van der Waals surface area contributed by atoms with E-state index in [0.717, 1.165) is 6.26 Å². The van der Waals surface area contributed by atoms with E-state index >= 15 is 0 Å². The van der Waals surface area contributed by atoms with Gasteiger partial charge in [-0.2, -0.15) is 4.98 Å². The predicted molar refractivity (Wildman–Crippen MR) is 51.5 cm³/mol. The quantitative estimate of drug-likeness (QED) is 0.756. The van der Waals surface area contributed by atoms with Crippen LogP contribution in [0, 0.1) is 0 Å². The number of nitrogens with zero attached hydrogens (tertiary/aromatic N) is 1. The number of nitrogen functional groups attached to an aromatic ring is 1. The summed E-state index contributed by atoms with van der Waals surface area (Å²) in [6.07, 6.45) is 1.13. The third-order valence-electron chi connectivity index (χ3n) is 1.80. The molecule has 0 unspecified atom stereocenters. The Morgan fingerprint density at radius 2 is 2.14 bits per heavy atom. The monoisotopic (exact) mass is 212 g/mol. The molecule has 1 aromatic heterocycles. The molecule has 0 radical (unpaired) electrons. The molecule has 14 heavy (non-hydrogen) atoms. The van der Waals surface area contributed by atoms with Gasteiger partial charge < -0.3 is 10.2 Å². The van der Waals surface area contributed by atoms with Gasteiger partial charge in [-0.1, -0.05) is 0 Å². The molecule has 0 saturated heterocycles. The minimum atomic E-state index is -3.21. The van der Waals surface area contributed by atoms with Crippen LogP contribution in [0.3, 0.4) is 0 Å². The first-order valence-electron chi connectivity index (χ1n) is 3.83. The molecule has 0 atom stereocenters. The Morgan fingerprint density at radius 3 is 2.79 bits per heavy atom. The van der Waals surface area contributed by atoms with Crippen LogP contribution in [0.15, 0.2) is 27.5 Å². The lowest BCUT2D eigenvalue weighted by Gasteiger charge is -1.95. The van der Waals surface area contributed by atoms with E-state index in [4.69, 9.17) is 10.2 Å². The van der Waals surface area contributed by atoms with Crippen molar-refractivity contribution in [3.05, 3.63) is 18.2 Å². The molecule has 2 rings (SSSR count). The summed E-state index contributed by atoms with van der Waals surface area (Å²) in [4.78, 5) is 4.05. The lowest BCUT2D eigenvalue weighted by atomic mass is 10.3. The predicted octanol–water partition coefficient (Wildman–Crippen LogP) is 0.814. The van der Waals surface area contributed by atoms with Crippen LogP contribution in [-0.4, -0.2) is 19.7 Å². The maximum atomic E-state index is 11.2. The van der Waals surface area contributed by atoms with E-state index < -0.39 is 9.84 Å². The van der Waals surface area contributed by atoms with Crippen molar-refractivity contribution in [1.82, 2.24) is 4.98 Å². The molecule has 0 aliphatic carbocycles. The Hall–Kier alpha value is -1.56. The summed E-state index contributed by atoms with van der Waals surface area (Å²) < 4.78 is 27.4. The largest absolute Gasteiger partial charge is 0.424 e. The first kappa shape index (κ1) is 9.01. The van der Waals surface area contributed by atoms with Crippen LogP contribution in [0.4, 0.5) is 6.01 Å². The van der Waals surface area contributed by atoms with E-state index in [1.165, 1.54) is 12.1 Å². The van der Waals surface area contributed by atoms with Crippen LogP contribution in [0.1, 0.15) is 0 Å². The highest BCUT2D eigenvalue weighted by atomic mass is 32.2. The fourth-order valence-electron chi connectivity index (χ4n) is 1.15. The van der Waals surface area contributed by atoms with Gasteiger partial charge in [0, 0.05) is 12.3 Å². The number of oxazole rings is 1. The van der Waals surface area contributed by atoms with Crippen LogP contribution < -0.4 is 5.73 Å². The van der Waals surface area contributed by atoms with E-state index in [1.54, 1.807) is 6.07 Å². The topological polar surface area (TPSA) is 86.2 Å². The highest BCUT2D eigenvalue weighted by Gasteiger charge is 2.10. The highest BCUT2D eigenvalue weighted by Crippen LogP contribution is 2.20. The van der Waals surface area contributed by atoms with Gasteiger partial charge in [0.05, 0.1) is 4.90 Å². The molecule has 0 amide bonds. The molecule has 2 N–H and O–H groups in total. The van der Waals surface area contributed by atoms with E-state index in [0.29, 0.717) is 11.1 Å². The standard InChI is InChI=1S/C8H8N2O3S/c1-14(11,12)5-2-3-6-7(4-5)13-8(9)10-6/h2-4H,1H3,(H2,9,10). The third kappa shape index (κ3) is 1.44. The van der Waals surface area contributed by atoms with Gasteiger partial charge in [0.15, 0.2) is 15.4 Å². The summed E-state index contributed by atoms with van der Waals surface area (Å²) in [5, 5.41) is 0. The van der Waals surface area contributed by atoms with E-state index in [2.05, 4.69) is 4.98 Å². The molecule has 0 bridgehead atoms. The Morgan fingerprint density at radius 1 is 1.43 bits per heavy atom. The number of benzene rings is 1. The maximum Gasteiger partial charge on any atom is 0.292 e. The molecule has 74 valence electrons. The van der Waals surface area contributed by atoms with Gasteiger partial charge >= 0.3 is 0 Å². The molecule has 0 spiro atoms. The number of anilines is 1. The second kappa shape index (κ2) is 2.71. The third-order valence-corrected chi connectivity index (χ3v) is 2.91. The first-order valence-corrected chi connectivity index (χ1v) is 5.72. The van der Waals surface area contributed by atoms with Crippen molar-refractivity contribution in [3.8, 4) is 0 Å². The van der Waals surface area contributed by atoms with E-state index in [9.17, 15) is 8.42 Å². The summed E-state index contributed by atoms with van der Waals surface area (Å²) in [7, 11) is -3.21. The number of aromatic nitrogens is 1. The zero-order valence-corrected chi connectivity index (χ0v) is 8.21. The molecule has 1 aromatic carbocycles. The SMILES string of the molecule is CS(=O)(=O)c1ccc2nc(N)oc2c1. The van der Waals surface area contributed by atoms with Gasteiger partial charge in [0.25, 0.3) is 6.01 Å². The van der Waals surface area contributed by atoms with Crippen molar-refractivity contribution in [2.45, 2.75) is 4.90 Å². The van der Waals surface area contributed by atoms with E-state index in [1.807, 2.05) is 0 Å². The van der Waals surface area contributed by atoms with Gasteiger partial charge in [-0.25, -0.2) is 8.42 Å². The number of hydrogen-bond donors (Lipinski definition) is 1. The summed E-state index contributed by atoms with van der Waals surface area (Å²) in [5.74, 6) is 0. The summed E-state index contributed by atoms with van der Waals surface area (Å²) >= 11 is 0. The molecule has 2 aromatic rings. The van der Waals surface area contributed by atoms with Crippen molar-refractivity contribution in [3.63, 3.8) is 0 Å². The fourth-order valence-corrected chi connectivity index (χ4v) is 1.79. The average Bonchev–Trinajstić information content (AvgIpc) is 2.41. The molecule has 0 aliphatic heterocycles. The molecule has 0 aliphatic rings. The van der Waals surface area contributed by atoms with Crippen molar-refractivity contribution in [1.29, 1.82) is 0 Å². The summed E-state index contributed by atoms with van der Waals surface area (Å²) in [6.45, 7) is 0. The molecular formula is C8H8N2O3S. The van der Waals surface area contributed by atoms with Crippen LogP contribution in [0.5, 0.6) is 0 Å². The number of nitrogens with two attached hydrogens (primary N) is 1. The van der Waals surface area contributed by atoms with Gasteiger partial charge in [-0.3, -0.25) is 0 Å². The zero-order valence-electron chi connectivity index (χ0n) is 7.39. The minimum Gasteiger partial charge on any atom is -0.424 e. The molecule has 0 saturated carbocycles. The maximum absolute atomic E-state index is 11.2. The first-order chi connectivity index (χ1) is 6.47. The Balaban J connectivity index is 2.74. The summed E-state index contributed by atoms with van der Waals surface area (Å²) in [5.41, 5.74) is 6.25. The lowest BCUT2D eigenvalue weighted by Crippen LogP contribution is -1.95. The van der Waals surface area contributed by atoms with Crippen molar-refractivity contribution in [2.75, 3.05) is 12.0 Å². The molecular weight excluding hydrogens is 204 g/mol. The van der Waals surface area contributed by atoms with Gasteiger partial charge in [0.1, 0.15) is 5.52 Å². The van der Waals surface area contributed by atoms with Crippen molar-refractivity contribution in [2.24, 2.45) is 0 Å². The van der Waals surface area contributed by atoms with Gasteiger partial charge in [-0.15, -0.1) is 0 Å². The Kier molecular flexibility index (Phi) is 1.75. The molecule has 6 heteroatoms. The van der Waals surface area contributed by atoms with Crippen molar-refractivity contribution >= 4 is 27.0 Å². The lowest BCUT2D eigenvalue weighted by molar-refractivity contribution is 0.600. The number of hydrogen-bond acceptors (Lipinski definition) is 5. The molecule has 1 heterocycles. The number of sulfone groups is 1.